The number of carbonyl (C=O) groups excluding carboxylic acids is 1. The Labute approximate surface area is 157 Å². The fourth-order valence-electron chi connectivity index (χ4n) is 3.34. The monoisotopic (exact) mass is 364 g/mol. The van der Waals surface area contributed by atoms with Crippen LogP contribution < -0.4 is 14.8 Å². The molecule has 138 valence electrons. The Bertz CT molecular complexity index is 953. The summed E-state index contributed by atoms with van der Waals surface area (Å²) >= 11 is 0. The molecule has 1 amide bonds. The number of furan rings is 1. The van der Waals surface area contributed by atoms with Crippen LogP contribution in [-0.2, 0) is 6.54 Å². The number of amides is 1. The molecule has 0 radical (unpaired) electrons. The van der Waals surface area contributed by atoms with E-state index >= 15 is 0 Å². The molecule has 6 heteroatoms. The van der Waals surface area contributed by atoms with Crippen LogP contribution in [0.5, 0.6) is 11.5 Å². The van der Waals surface area contributed by atoms with Gasteiger partial charge in [-0.1, -0.05) is 18.2 Å². The van der Waals surface area contributed by atoms with Crippen molar-refractivity contribution in [2.24, 2.45) is 0 Å². The molecule has 0 spiro atoms. The minimum atomic E-state index is -0.308. The average molecular weight is 364 g/mol. The highest BCUT2D eigenvalue weighted by atomic mass is 16.5. The van der Waals surface area contributed by atoms with Gasteiger partial charge in [0, 0.05) is 22.9 Å². The SMILES string of the molecule is COc1ccc(N[C@H]2c3ccccc3C(=O)N2Cc2ccco2)cc1OC. The quantitative estimate of drug-likeness (QED) is 0.714. The Morgan fingerprint density at radius 1 is 1.04 bits per heavy atom. The number of rotatable bonds is 6. The van der Waals surface area contributed by atoms with E-state index in [0.717, 1.165) is 17.0 Å². The molecule has 2 aromatic carbocycles. The summed E-state index contributed by atoms with van der Waals surface area (Å²) in [6, 6.07) is 16.9. The maximum absolute atomic E-state index is 12.9. The second-order valence-corrected chi connectivity index (χ2v) is 6.22. The van der Waals surface area contributed by atoms with Crippen LogP contribution in [-0.4, -0.2) is 25.0 Å². The van der Waals surface area contributed by atoms with Gasteiger partial charge in [0.25, 0.3) is 5.91 Å². The molecule has 3 aromatic rings. The zero-order chi connectivity index (χ0) is 18.8. The van der Waals surface area contributed by atoms with Crippen LogP contribution in [0.4, 0.5) is 5.69 Å². The van der Waals surface area contributed by atoms with Crippen molar-refractivity contribution in [2.75, 3.05) is 19.5 Å². The summed E-state index contributed by atoms with van der Waals surface area (Å²) in [5.41, 5.74) is 2.46. The molecule has 0 aliphatic carbocycles. The number of hydrogen-bond acceptors (Lipinski definition) is 5. The molecule has 27 heavy (non-hydrogen) atoms. The van der Waals surface area contributed by atoms with E-state index < -0.39 is 0 Å². The summed E-state index contributed by atoms with van der Waals surface area (Å²) in [6.45, 7) is 0.380. The lowest BCUT2D eigenvalue weighted by Crippen LogP contribution is -2.31. The van der Waals surface area contributed by atoms with Crippen molar-refractivity contribution < 1.29 is 18.7 Å². The van der Waals surface area contributed by atoms with Gasteiger partial charge in [-0.3, -0.25) is 4.79 Å². The van der Waals surface area contributed by atoms with Crippen molar-refractivity contribution in [3.05, 3.63) is 77.7 Å². The lowest BCUT2D eigenvalue weighted by molar-refractivity contribution is 0.0715. The molecule has 2 heterocycles. The first-order valence-electron chi connectivity index (χ1n) is 8.62. The van der Waals surface area contributed by atoms with Crippen LogP contribution in [0.15, 0.2) is 65.3 Å². The number of anilines is 1. The number of carbonyl (C=O) groups is 1. The van der Waals surface area contributed by atoms with Crippen molar-refractivity contribution in [2.45, 2.75) is 12.7 Å². The molecule has 1 aliphatic rings. The van der Waals surface area contributed by atoms with Gasteiger partial charge in [0.1, 0.15) is 11.9 Å². The number of ether oxygens (including phenoxy) is 2. The maximum atomic E-state index is 12.9. The Hall–Kier alpha value is -3.41. The van der Waals surface area contributed by atoms with Gasteiger partial charge in [-0.05, 0) is 30.3 Å². The number of hydrogen-bond donors (Lipinski definition) is 1. The average Bonchev–Trinajstić information content (AvgIpc) is 3.31. The summed E-state index contributed by atoms with van der Waals surface area (Å²) in [6.07, 6.45) is 1.30. The number of methoxy groups -OCH3 is 2. The molecular formula is C21H20N2O4. The first kappa shape index (κ1) is 17.0. The zero-order valence-electron chi connectivity index (χ0n) is 15.1. The molecule has 0 bridgehead atoms. The van der Waals surface area contributed by atoms with E-state index in [9.17, 15) is 4.79 Å². The summed E-state index contributed by atoms with van der Waals surface area (Å²) in [4.78, 5) is 14.7. The van der Waals surface area contributed by atoms with Gasteiger partial charge in [0.15, 0.2) is 11.5 Å². The first-order chi connectivity index (χ1) is 13.2. The van der Waals surface area contributed by atoms with Gasteiger partial charge >= 0.3 is 0 Å². The lowest BCUT2D eigenvalue weighted by atomic mass is 10.1. The first-order valence-corrected chi connectivity index (χ1v) is 8.62. The van der Waals surface area contributed by atoms with Crippen LogP contribution >= 0.6 is 0 Å². The van der Waals surface area contributed by atoms with Gasteiger partial charge < -0.3 is 24.1 Å². The van der Waals surface area contributed by atoms with Crippen molar-refractivity contribution in [3.63, 3.8) is 0 Å². The molecule has 0 unspecified atom stereocenters. The Morgan fingerprint density at radius 3 is 2.59 bits per heavy atom. The molecule has 0 saturated carbocycles. The Balaban J connectivity index is 1.68. The second kappa shape index (κ2) is 7.07. The second-order valence-electron chi connectivity index (χ2n) is 6.22. The predicted octanol–water partition coefficient (Wildman–Crippen LogP) is 4.06. The number of nitrogens with one attached hydrogen (secondary N) is 1. The van der Waals surface area contributed by atoms with E-state index in [1.165, 1.54) is 0 Å². The fraction of sp³-hybridized carbons (Fsp3) is 0.190. The molecule has 1 aromatic heterocycles. The normalized spacial score (nSPS) is 15.6. The zero-order valence-corrected chi connectivity index (χ0v) is 15.1. The van der Waals surface area contributed by atoms with Gasteiger partial charge in [-0.15, -0.1) is 0 Å². The number of nitrogens with zero attached hydrogens (tertiary/aromatic N) is 1. The minimum Gasteiger partial charge on any atom is -0.493 e. The molecule has 0 fully saturated rings. The van der Waals surface area contributed by atoms with Crippen molar-refractivity contribution in [3.8, 4) is 11.5 Å². The van der Waals surface area contributed by atoms with Gasteiger partial charge in [-0.25, -0.2) is 0 Å². The summed E-state index contributed by atoms with van der Waals surface area (Å²) in [7, 11) is 3.20. The van der Waals surface area contributed by atoms with Crippen LogP contribution in [0, 0.1) is 0 Å². The van der Waals surface area contributed by atoms with Crippen molar-refractivity contribution in [1.29, 1.82) is 0 Å². The topological polar surface area (TPSA) is 63.9 Å². The van der Waals surface area contributed by atoms with Crippen LogP contribution in [0.2, 0.25) is 0 Å². The fourth-order valence-corrected chi connectivity index (χ4v) is 3.34. The van der Waals surface area contributed by atoms with E-state index in [0.29, 0.717) is 23.6 Å². The number of fused-ring (bicyclic) bond motifs is 1. The standard InChI is InChI=1S/C21H20N2O4/c1-25-18-10-9-14(12-19(18)26-2)22-20-16-7-3-4-8-17(16)21(24)23(20)13-15-6-5-11-27-15/h3-12,20,22H,13H2,1-2H3/t20-/m1/s1. The third-order valence-corrected chi connectivity index (χ3v) is 4.65. The molecular weight excluding hydrogens is 344 g/mol. The van der Waals surface area contributed by atoms with Gasteiger partial charge in [0.2, 0.25) is 0 Å². The van der Waals surface area contributed by atoms with Gasteiger partial charge in [0.05, 0.1) is 27.0 Å². The highest BCUT2D eigenvalue weighted by Crippen LogP contribution is 2.37. The molecule has 4 rings (SSSR count). The predicted molar refractivity (Wildman–Crippen MR) is 101 cm³/mol. The Morgan fingerprint density at radius 2 is 1.85 bits per heavy atom. The molecule has 1 atom stereocenters. The highest BCUT2D eigenvalue weighted by Gasteiger charge is 2.37. The van der Waals surface area contributed by atoms with Crippen molar-refractivity contribution >= 4 is 11.6 Å². The summed E-state index contributed by atoms with van der Waals surface area (Å²) in [5, 5.41) is 3.44. The summed E-state index contributed by atoms with van der Waals surface area (Å²) in [5.74, 6) is 1.98. The molecule has 0 saturated heterocycles. The third-order valence-electron chi connectivity index (χ3n) is 4.65. The highest BCUT2D eigenvalue weighted by molar-refractivity contribution is 5.99. The van der Waals surface area contributed by atoms with Crippen molar-refractivity contribution in [1.82, 2.24) is 4.90 Å². The van der Waals surface area contributed by atoms with Gasteiger partial charge in [-0.2, -0.15) is 0 Å². The Kier molecular flexibility index (Phi) is 4.46. The number of benzene rings is 2. The van der Waals surface area contributed by atoms with Crippen LogP contribution in [0.1, 0.15) is 27.8 Å². The maximum Gasteiger partial charge on any atom is 0.256 e. The minimum absolute atomic E-state index is 0.0278. The smallest absolute Gasteiger partial charge is 0.256 e. The van der Waals surface area contributed by atoms with Crippen LogP contribution in [0.3, 0.4) is 0 Å². The van der Waals surface area contributed by atoms with E-state index in [4.69, 9.17) is 13.9 Å². The third kappa shape index (κ3) is 3.10. The van der Waals surface area contributed by atoms with E-state index in [1.54, 1.807) is 25.4 Å². The van der Waals surface area contributed by atoms with E-state index in [2.05, 4.69) is 5.32 Å². The molecule has 1 aliphatic heterocycles. The van der Waals surface area contributed by atoms with E-state index in [1.807, 2.05) is 54.6 Å². The molecule has 1 N–H and O–H groups in total. The molecule has 6 nitrogen and oxygen atoms in total. The lowest BCUT2D eigenvalue weighted by Gasteiger charge is -2.26. The van der Waals surface area contributed by atoms with Crippen LogP contribution in [0.25, 0.3) is 0 Å². The largest absolute Gasteiger partial charge is 0.493 e. The summed E-state index contributed by atoms with van der Waals surface area (Å²) < 4.78 is 16.1. The van der Waals surface area contributed by atoms with E-state index in [-0.39, 0.29) is 12.1 Å².